The van der Waals surface area contributed by atoms with Crippen LogP contribution in [0.25, 0.3) is 28.3 Å². The Morgan fingerprint density at radius 1 is 1.00 bits per heavy atom. The van der Waals surface area contributed by atoms with E-state index in [-0.39, 0.29) is 11.6 Å². The highest BCUT2D eigenvalue weighted by atomic mass is 16.4. The van der Waals surface area contributed by atoms with Crippen LogP contribution in [0.3, 0.4) is 0 Å². The summed E-state index contributed by atoms with van der Waals surface area (Å²) in [5.41, 5.74) is 3.46. The van der Waals surface area contributed by atoms with E-state index in [4.69, 9.17) is 4.42 Å². The second-order valence-corrected chi connectivity index (χ2v) is 9.45. The van der Waals surface area contributed by atoms with Gasteiger partial charge in [0.1, 0.15) is 5.82 Å². The van der Waals surface area contributed by atoms with Crippen LogP contribution < -0.4 is 5.69 Å². The lowest BCUT2D eigenvalue weighted by molar-refractivity contribution is -0.131. The first kappa shape index (κ1) is 21.5. The lowest BCUT2D eigenvalue weighted by Crippen LogP contribution is -2.30. The van der Waals surface area contributed by atoms with Crippen LogP contribution in [0.1, 0.15) is 31.0 Å². The van der Waals surface area contributed by atoms with Gasteiger partial charge in [-0.15, -0.1) is 10.2 Å². The Bertz CT molecular complexity index is 1410. The molecule has 1 aliphatic heterocycles. The number of nitrogens with one attached hydrogen (secondary N) is 1. The summed E-state index contributed by atoms with van der Waals surface area (Å²) in [6.07, 6.45) is 3.65. The molecule has 1 saturated carbocycles. The number of aromatic amines is 1. The highest BCUT2D eigenvalue weighted by molar-refractivity contribution is 5.81. The molecule has 0 spiro atoms. The summed E-state index contributed by atoms with van der Waals surface area (Å²) in [5, 5.41) is 14.8. The van der Waals surface area contributed by atoms with Crippen molar-refractivity contribution < 1.29 is 9.21 Å². The molecule has 3 heterocycles. The maximum absolute atomic E-state index is 12.6. The van der Waals surface area contributed by atoms with E-state index in [1.54, 1.807) is 11.5 Å². The van der Waals surface area contributed by atoms with Crippen molar-refractivity contribution in [2.45, 2.75) is 32.6 Å². The van der Waals surface area contributed by atoms with Crippen LogP contribution in [0.15, 0.2) is 57.7 Å². The van der Waals surface area contributed by atoms with Crippen LogP contribution in [0.2, 0.25) is 0 Å². The lowest BCUT2D eigenvalue weighted by atomic mass is 10.0. The molecule has 1 unspecified atom stereocenters. The SMILES string of the molecule is Cc1nnc(-c2ccc(-c3ccc(-n4c(CC5CCN(C(=O)C6CC6)C5)n[nH]c4=O)cc3)cc2)o1. The number of nitrogens with zero attached hydrogens (tertiary/aromatic N) is 5. The largest absolute Gasteiger partial charge is 0.421 e. The zero-order valence-corrected chi connectivity index (χ0v) is 19.5. The number of rotatable bonds is 6. The van der Waals surface area contributed by atoms with Crippen molar-refractivity contribution in [2.75, 3.05) is 13.1 Å². The molecule has 2 aromatic carbocycles. The third-order valence-electron chi connectivity index (χ3n) is 6.85. The molecular formula is C26H26N6O3. The zero-order chi connectivity index (χ0) is 23.9. The van der Waals surface area contributed by atoms with Crippen LogP contribution in [-0.2, 0) is 11.2 Å². The average Bonchev–Trinajstić information content (AvgIpc) is 3.29. The maximum Gasteiger partial charge on any atom is 0.347 e. The maximum atomic E-state index is 12.6. The second kappa shape index (κ2) is 8.65. The first-order valence-electron chi connectivity index (χ1n) is 12.0. The monoisotopic (exact) mass is 470 g/mol. The summed E-state index contributed by atoms with van der Waals surface area (Å²) < 4.78 is 7.12. The van der Waals surface area contributed by atoms with Crippen molar-refractivity contribution in [1.82, 2.24) is 29.9 Å². The van der Waals surface area contributed by atoms with Crippen LogP contribution in [-0.4, -0.2) is 48.9 Å². The molecule has 0 bridgehead atoms. The minimum absolute atomic E-state index is 0.245. The fourth-order valence-electron chi connectivity index (χ4n) is 4.80. The number of hydrogen-bond acceptors (Lipinski definition) is 6. The molecule has 1 amide bonds. The molecule has 1 atom stereocenters. The van der Waals surface area contributed by atoms with E-state index in [2.05, 4.69) is 20.4 Å². The van der Waals surface area contributed by atoms with Gasteiger partial charge >= 0.3 is 5.69 Å². The number of carbonyl (C=O) groups excluding carboxylic acids is 1. The fraction of sp³-hybridized carbons (Fsp3) is 0.346. The van der Waals surface area contributed by atoms with Gasteiger partial charge in [0.25, 0.3) is 0 Å². The molecule has 1 aliphatic carbocycles. The third-order valence-corrected chi connectivity index (χ3v) is 6.85. The molecule has 2 aromatic heterocycles. The predicted octanol–water partition coefficient (Wildman–Crippen LogP) is 3.39. The van der Waals surface area contributed by atoms with Gasteiger partial charge in [-0.25, -0.2) is 14.5 Å². The number of benzene rings is 2. The van der Waals surface area contributed by atoms with Gasteiger partial charge in [0, 0.05) is 37.9 Å². The molecule has 2 fully saturated rings. The molecule has 2 aliphatic rings. The van der Waals surface area contributed by atoms with Crippen LogP contribution in [0.5, 0.6) is 0 Å². The van der Waals surface area contributed by atoms with Gasteiger partial charge < -0.3 is 9.32 Å². The number of carbonyl (C=O) groups is 1. The Labute approximate surface area is 201 Å². The third kappa shape index (κ3) is 4.29. The van der Waals surface area contributed by atoms with Gasteiger partial charge in [0.05, 0.1) is 5.69 Å². The lowest BCUT2D eigenvalue weighted by Gasteiger charge is -2.16. The van der Waals surface area contributed by atoms with Crippen molar-refractivity contribution in [3.05, 3.63) is 70.7 Å². The van der Waals surface area contributed by atoms with Gasteiger partial charge in [0.2, 0.25) is 17.7 Å². The van der Waals surface area contributed by atoms with E-state index in [1.165, 1.54) is 0 Å². The van der Waals surface area contributed by atoms with E-state index < -0.39 is 0 Å². The summed E-state index contributed by atoms with van der Waals surface area (Å²) in [5.74, 6) is 2.58. The van der Waals surface area contributed by atoms with Gasteiger partial charge in [-0.3, -0.25) is 4.79 Å². The molecular weight excluding hydrogens is 444 g/mol. The number of aryl methyl sites for hydroxylation is 1. The van der Waals surface area contributed by atoms with Gasteiger partial charge in [-0.2, -0.15) is 5.10 Å². The standard InChI is InChI=1S/C26H26N6O3/c1-16-27-29-24(35-16)20-4-2-18(3-5-20)19-8-10-22(11-9-19)32-23(28-30-26(32)34)14-17-12-13-31(15-17)25(33)21-6-7-21/h2-5,8-11,17,21H,6-7,12-15H2,1H3,(H,30,34). The molecule has 35 heavy (non-hydrogen) atoms. The molecule has 9 nitrogen and oxygen atoms in total. The number of H-pyrrole nitrogens is 1. The van der Waals surface area contributed by atoms with E-state index in [1.807, 2.05) is 53.4 Å². The summed E-state index contributed by atoms with van der Waals surface area (Å²) in [6.45, 7) is 3.31. The minimum atomic E-state index is -0.254. The second-order valence-electron chi connectivity index (χ2n) is 9.45. The highest BCUT2D eigenvalue weighted by Crippen LogP contribution is 2.33. The smallest absolute Gasteiger partial charge is 0.347 e. The molecule has 9 heteroatoms. The average molecular weight is 471 g/mol. The molecule has 0 radical (unpaired) electrons. The van der Waals surface area contributed by atoms with E-state index in [0.29, 0.717) is 35.9 Å². The summed E-state index contributed by atoms with van der Waals surface area (Å²) in [7, 11) is 0. The summed E-state index contributed by atoms with van der Waals surface area (Å²) >= 11 is 0. The summed E-state index contributed by atoms with van der Waals surface area (Å²) in [4.78, 5) is 26.9. The first-order valence-corrected chi connectivity index (χ1v) is 12.0. The van der Waals surface area contributed by atoms with Crippen molar-refractivity contribution in [1.29, 1.82) is 0 Å². The quantitative estimate of drug-likeness (QED) is 0.463. The van der Waals surface area contributed by atoms with Crippen LogP contribution in [0.4, 0.5) is 0 Å². The Morgan fingerprint density at radius 2 is 1.69 bits per heavy atom. The van der Waals surface area contributed by atoms with Crippen molar-refractivity contribution >= 4 is 5.91 Å². The van der Waals surface area contributed by atoms with Gasteiger partial charge in [0.15, 0.2) is 0 Å². The topological polar surface area (TPSA) is 110 Å². The zero-order valence-electron chi connectivity index (χ0n) is 19.5. The van der Waals surface area contributed by atoms with Crippen molar-refractivity contribution in [3.8, 4) is 28.3 Å². The Morgan fingerprint density at radius 3 is 2.34 bits per heavy atom. The number of aromatic nitrogens is 5. The molecule has 178 valence electrons. The Kier molecular flexibility index (Phi) is 5.32. The van der Waals surface area contributed by atoms with Gasteiger partial charge in [-0.05, 0) is 60.6 Å². The number of likely N-dealkylation sites (tertiary alicyclic amines) is 1. The van der Waals surface area contributed by atoms with E-state index in [0.717, 1.165) is 54.7 Å². The van der Waals surface area contributed by atoms with Crippen molar-refractivity contribution in [2.24, 2.45) is 11.8 Å². The number of amides is 1. The molecule has 1 N–H and O–H groups in total. The molecule has 6 rings (SSSR count). The molecule has 4 aromatic rings. The van der Waals surface area contributed by atoms with Crippen molar-refractivity contribution in [3.63, 3.8) is 0 Å². The van der Waals surface area contributed by atoms with Crippen LogP contribution >= 0.6 is 0 Å². The Balaban J connectivity index is 1.18. The summed E-state index contributed by atoms with van der Waals surface area (Å²) in [6, 6.07) is 15.8. The predicted molar refractivity (Wildman–Crippen MR) is 129 cm³/mol. The van der Waals surface area contributed by atoms with Crippen LogP contribution in [0, 0.1) is 18.8 Å². The fourth-order valence-corrected chi connectivity index (χ4v) is 4.80. The highest BCUT2D eigenvalue weighted by Gasteiger charge is 2.36. The molecule has 1 saturated heterocycles. The Hall–Kier alpha value is -4.01. The van der Waals surface area contributed by atoms with Gasteiger partial charge in [-0.1, -0.05) is 24.3 Å². The number of hydrogen-bond donors (Lipinski definition) is 1. The first-order chi connectivity index (χ1) is 17.0. The minimum Gasteiger partial charge on any atom is -0.421 e. The normalized spacial score (nSPS) is 17.7. The van der Waals surface area contributed by atoms with E-state index in [9.17, 15) is 9.59 Å². The van der Waals surface area contributed by atoms with E-state index >= 15 is 0 Å².